The lowest BCUT2D eigenvalue weighted by molar-refractivity contribution is -0.130. The highest BCUT2D eigenvalue weighted by atomic mass is 16.5. The predicted molar refractivity (Wildman–Crippen MR) is 72.8 cm³/mol. The zero-order valence-electron chi connectivity index (χ0n) is 12.0. The molecular formula is C14H26N2O3. The van der Waals surface area contributed by atoms with Crippen molar-refractivity contribution < 1.29 is 14.3 Å². The first-order valence-corrected chi connectivity index (χ1v) is 7.28. The highest BCUT2D eigenvalue weighted by Crippen LogP contribution is 2.34. The summed E-state index contributed by atoms with van der Waals surface area (Å²) in [6.45, 7) is 2.58. The highest BCUT2D eigenvalue weighted by molar-refractivity contribution is 5.85. The van der Waals surface area contributed by atoms with Gasteiger partial charge in [-0.2, -0.15) is 0 Å². The molecule has 5 nitrogen and oxygen atoms in total. The summed E-state index contributed by atoms with van der Waals surface area (Å²) in [4.78, 5) is 11.9. The van der Waals surface area contributed by atoms with Gasteiger partial charge in [0.25, 0.3) is 0 Å². The lowest BCUT2D eigenvalue weighted by atomic mass is 9.79. The summed E-state index contributed by atoms with van der Waals surface area (Å²) in [6.07, 6.45) is 5.95. The summed E-state index contributed by atoms with van der Waals surface area (Å²) in [6, 6.07) is 0.475. The van der Waals surface area contributed by atoms with Gasteiger partial charge in [-0.3, -0.25) is 4.79 Å². The van der Waals surface area contributed by atoms with Crippen LogP contribution in [0.1, 0.15) is 45.4 Å². The lowest BCUT2D eigenvalue weighted by Crippen LogP contribution is -2.59. The fourth-order valence-corrected chi connectivity index (χ4v) is 2.99. The number of carbonyl (C=O) groups excluding carboxylic acids is 1. The van der Waals surface area contributed by atoms with Gasteiger partial charge in [0.1, 0.15) is 5.54 Å². The van der Waals surface area contributed by atoms with E-state index in [9.17, 15) is 4.79 Å². The highest BCUT2D eigenvalue weighted by Gasteiger charge is 2.45. The third kappa shape index (κ3) is 3.91. The van der Waals surface area contributed by atoms with E-state index in [1.165, 1.54) is 0 Å². The Morgan fingerprint density at radius 3 is 2.79 bits per heavy atom. The minimum atomic E-state index is -0.559. The number of hydrogen-bond acceptors (Lipinski definition) is 4. The van der Waals surface area contributed by atoms with Crippen LogP contribution in [0.2, 0.25) is 0 Å². The van der Waals surface area contributed by atoms with E-state index in [1.54, 1.807) is 7.11 Å². The van der Waals surface area contributed by atoms with Crippen LogP contribution in [0.25, 0.3) is 0 Å². The number of primary amides is 1. The summed E-state index contributed by atoms with van der Waals surface area (Å²) in [5.74, 6) is -0.230. The van der Waals surface area contributed by atoms with Crippen molar-refractivity contribution in [2.45, 2.75) is 69.2 Å². The molecule has 19 heavy (non-hydrogen) atoms. The first-order chi connectivity index (χ1) is 9.05. The zero-order chi connectivity index (χ0) is 13.9. The van der Waals surface area contributed by atoms with Crippen LogP contribution in [0.5, 0.6) is 0 Å². The van der Waals surface area contributed by atoms with Gasteiger partial charge in [-0.1, -0.05) is 0 Å². The standard InChI is InChI=1S/C14H26N2O3/c1-10(9-18-2)19-12-4-3-7-14(8-12,13(15)17)16-11-5-6-11/h10-12,16H,3-9H2,1-2H3,(H2,15,17). The summed E-state index contributed by atoms with van der Waals surface area (Å²) >= 11 is 0. The van der Waals surface area contributed by atoms with E-state index in [1.807, 2.05) is 6.92 Å². The number of carbonyl (C=O) groups is 1. The Kier molecular flexibility index (Phi) is 4.81. The Morgan fingerprint density at radius 2 is 2.21 bits per heavy atom. The summed E-state index contributed by atoms with van der Waals surface area (Å²) in [5, 5.41) is 3.46. The molecule has 0 bridgehead atoms. The minimum absolute atomic E-state index is 0.0552. The maximum Gasteiger partial charge on any atom is 0.237 e. The summed E-state index contributed by atoms with van der Waals surface area (Å²) < 4.78 is 11.1. The second-order valence-corrected chi connectivity index (χ2v) is 5.99. The molecule has 1 amide bonds. The van der Waals surface area contributed by atoms with E-state index in [2.05, 4.69) is 5.32 Å². The number of nitrogens with one attached hydrogen (secondary N) is 1. The third-order valence-electron chi connectivity index (χ3n) is 4.06. The van der Waals surface area contributed by atoms with Gasteiger partial charge in [0.15, 0.2) is 0 Å². The quantitative estimate of drug-likeness (QED) is 0.722. The molecule has 2 rings (SSSR count). The van der Waals surface area contributed by atoms with Crippen LogP contribution in [-0.2, 0) is 14.3 Å². The molecule has 0 heterocycles. The predicted octanol–water partition coefficient (Wildman–Crippen LogP) is 0.957. The fourth-order valence-electron chi connectivity index (χ4n) is 2.99. The zero-order valence-corrected chi connectivity index (χ0v) is 12.0. The van der Waals surface area contributed by atoms with Crippen molar-refractivity contribution in [1.29, 1.82) is 0 Å². The van der Waals surface area contributed by atoms with Crippen LogP contribution >= 0.6 is 0 Å². The maximum absolute atomic E-state index is 11.9. The van der Waals surface area contributed by atoms with Crippen LogP contribution in [0.15, 0.2) is 0 Å². The second-order valence-electron chi connectivity index (χ2n) is 5.99. The third-order valence-corrected chi connectivity index (χ3v) is 4.06. The molecule has 0 saturated heterocycles. The van der Waals surface area contributed by atoms with Crippen molar-refractivity contribution in [2.75, 3.05) is 13.7 Å². The van der Waals surface area contributed by atoms with Crippen LogP contribution in [0.4, 0.5) is 0 Å². The monoisotopic (exact) mass is 270 g/mol. The van der Waals surface area contributed by atoms with E-state index in [-0.39, 0.29) is 18.1 Å². The largest absolute Gasteiger partial charge is 0.382 e. The van der Waals surface area contributed by atoms with Gasteiger partial charge in [0.05, 0.1) is 18.8 Å². The Balaban J connectivity index is 1.94. The molecule has 2 saturated carbocycles. The van der Waals surface area contributed by atoms with E-state index in [4.69, 9.17) is 15.2 Å². The molecule has 0 aromatic heterocycles. The molecule has 5 heteroatoms. The van der Waals surface area contributed by atoms with E-state index < -0.39 is 5.54 Å². The van der Waals surface area contributed by atoms with Gasteiger partial charge in [0.2, 0.25) is 5.91 Å². The molecule has 0 aromatic rings. The molecule has 2 aliphatic rings. The van der Waals surface area contributed by atoms with Gasteiger partial charge in [-0.25, -0.2) is 0 Å². The van der Waals surface area contributed by atoms with Gasteiger partial charge in [-0.15, -0.1) is 0 Å². The number of nitrogens with two attached hydrogens (primary N) is 1. The Labute approximate surface area is 115 Å². The maximum atomic E-state index is 11.9. The molecule has 0 aliphatic heterocycles. The summed E-state index contributed by atoms with van der Waals surface area (Å²) in [7, 11) is 1.67. The lowest BCUT2D eigenvalue weighted by Gasteiger charge is -2.40. The first-order valence-electron chi connectivity index (χ1n) is 7.28. The van der Waals surface area contributed by atoms with E-state index in [0.29, 0.717) is 19.1 Å². The van der Waals surface area contributed by atoms with Crippen molar-refractivity contribution in [3.05, 3.63) is 0 Å². The second kappa shape index (κ2) is 6.20. The molecule has 0 radical (unpaired) electrons. The van der Waals surface area contributed by atoms with Crippen molar-refractivity contribution in [1.82, 2.24) is 5.32 Å². The topological polar surface area (TPSA) is 73.6 Å². The van der Waals surface area contributed by atoms with Gasteiger partial charge in [0, 0.05) is 19.6 Å². The van der Waals surface area contributed by atoms with Gasteiger partial charge >= 0.3 is 0 Å². The molecule has 3 N–H and O–H groups in total. The Morgan fingerprint density at radius 1 is 1.47 bits per heavy atom. The van der Waals surface area contributed by atoms with Crippen LogP contribution in [0, 0.1) is 0 Å². The molecule has 2 aliphatic carbocycles. The number of methoxy groups -OCH3 is 1. The average molecular weight is 270 g/mol. The van der Waals surface area contributed by atoms with Crippen molar-refractivity contribution in [2.24, 2.45) is 5.73 Å². The van der Waals surface area contributed by atoms with E-state index in [0.717, 1.165) is 32.1 Å². The van der Waals surface area contributed by atoms with Crippen molar-refractivity contribution in [3.63, 3.8) is 0 Å². The van der Waals surface area contributed by atoms with Gasteiger partial charge in [-0.05, 0) is 39.0 Å². The Hall–Kier alpha value is -0.650. The van der Waals surface area contributed by atoms with Crippen LogP contribution in [-0.4, -0.2) is 43.4 Å². The molecule has 0 aromatic carbocycles. The first kappa shape index (κ1) is 14.8. The van der Waals surface area contributed by atoms with Crippen molar-refractivity contribution >= 4 is 5.91 Å². The minimum Gasteiger partial charge on any atom is -0.382 e. The fraction of sp³-hybridized carbons (Fsp3) is 0.929. The SMILES string of the molecule is COCC(C)OC1CCCC(NC2CC2)(C(N)=O)C1. The molecule has 0 spiro atoms. The van der Waals surface area contributed by atoms with Crippen LogP contribution < -0.4 is 11.1 Å². The number of rotatable bonds is 7. The molecule has 2 fully saturated rings. The van der Waals surface area contributed by atoms with Gasteiger partial charge < -0.3 is 20.5 Å². The number of ether oxygens (including phenoxy) is 2. The summed E-state index contributed by atoms with van der Waals surface area (Å²) in [5.41, 5.74) is 5.09. The van der Waals surface area contributed by atoms with E-state index >= 15 is 0 Å². The molecular weight excluding hydrogens is 244 g/mol. The average Bonchev–Trinajstić information content (AvgIpc) is 3.13. The van der Waals surface area contributed by atoms with Crippen molar-refractivity contribution in [3.8, 4) is 0 Å². The smallest absolute Gasteiger partial charge is 0.237 e. The number of amides is 1. The number of hydrogen-bond donors (Lipinski definition) is 2. The van der Waals surface area contributed by atoms with Crippen LogP contribution in [0.3, 0.4) is 0 Å². The molecule has 3 unspecified atom stereocenters. The molecule has 3 atom stereocenters. The molecule has 110 valence electrons. The normalized spacial score (nSPS) is 33.1. The Bertz CT molecular complexity index is 320.